The Labute approximate surface area is 144 Å². The standard InChI is InChI=1S/C18H17N3O4/c1-12-18(21(23)24)13(2)20(19-12)10-17(22)25-11-15-8-5-7-14-6-3-4-9-16(14)15/h3-9H,10-11H2,1-2H3. The first kappa shape index (κ1) is 16.6. The summed E-state index contributed by atoms with van der Waals surface area (Å²) in [6.07, 6.45) is 0. The van der Waals surface area contributed by atoms with Gasteiger partial charge < -0.3 is 4.74 Å². The lowest BCUT2D eigenvalue weighted by Gasteiger charge is -2.08. The lowest BCUT2D eigenvalue weighted by Crippen LogP contribution is -2.15. The quantitative estimate of drug-likeness (QED) is 0.404. The number of nitro groups is 1. The zero-order valence-electron chi connectivity index (χ0n) is 13.9. The van der Waals surface area contributed by atoms with Crippen molar-refractivity contribution in [2.75, 3.05) is 0 Å². The Bertz CT molecular complexity index is 957. The Morgan fingerprint density at radius 1 is 1.20 bits per heavy atom. The molecule has 3 rings (SSSR count). The molecule has 0 N–H and O–H groups in total. The number of rotatable bonds is 5. The lowest BCUT2D eigenvalue weighted by atomic mass is 10.1. The molecular formula is C18H17N3O4. The molecule has 0 aliphatic heterocycles. The van der Waals surface area contributed by atoms with Gasteiger partial charge >= 0.3 is 11.7 Å². The number of esters is 1. The van der Waals surface area contributed by atoms with Gasteiger partial charge in [0.05, 0.1) is 4.92 Å². The average molecular weight is 339 g/mol. The molecule has 3 aromatic rings. The van der Waals surface area contributed by atoms with Crippen LogP contribution in [-0.4, -0.2) is 20.7 Å². The monoisotopic (exact) mass is 339 g/mol. The first-order valence-corrected chi connectivity index (χ1v) is 7.78. The van der Waals surface area contributed by atoms with E-state index in [1.165, 1.54) is 4.68 Å². The molecule has 25 heavy (non-hydrogen) atoms. The number of nitrogens with zero attached hydrogens (tertiary/aromatic N) is 3. The average Bonchev–Trinajstić information content (AvgIpc) is 2.86. The fourth-order valence-corrected chi connectivity index (χ4v) is 2.85. The first-order chi connectivity index (χ1) is 12.0. The highest BCUT2D eigenvalue weighted by atomic mass is 16.6. The second kappa shape index (κ2) is 6.72. The van der Waals surface area contributed by atoms with Crippen LogP contribution in [0.1, 0.15) is 17.0 Å². The van der Waals surface area contributed by atoms with Crippen molar-refractivity contribution in [3.05, 3.63) is 69.5 Å². The summed E-state index contributed by atoms with van der Waals surface area (Å²) in [5.74, 6) is -0.492. The van der Waals surface area contributed by atoms with Crippen molar-refractivity contribution in [2.24, 2.45) is 0 Å². The van der Waals surface area contributed by atoms with E-state index in [9.17, 15) is 14.9 Å². The van der Waals surface area contributed by atoms with E-state index in [0.717, 1.165) is 16.3 Å². The van der Waals surface area contributed by atoms with Gasteiger partial charge in [-0.1, -0.05) is 42.5 Å². The summed E-state index contributed by atoms with van der Waals surface area (Å²) in [5.41, 5.74) is 1.46. The predicted molar refractivity (Wildman–Crippen MR) is 92.1 cm³/mol. The van der Waals surface area contributed by atoms with Crippen molar-refractivity contribution >= 4 is 22.4 Å². The van der Waals surface area contributed by atoms with E-state index in [-0.39, 0.29) is 24.5 Å². The smallest absolute Gasteiger partial charge is 0.328 e. The molecule has 0 amide bonds. The number of aromatic nitrogens is 2. The number of hydrogen-bond donors (Lipinski definition) is 0. The fraction of sp³-hybridized carbons (Fsp3) is 0.222. The van der Waals surface area contributed by atoms with Crippen LogP contribution in [0.4, 0.5) is 5.69 Å². The third kappa shape index (κ3) is 3.35. The molecule has 1 heterocycles. The molecule has 0 unspecified atom stereocenters. The third-order valence-electron chi connectivity index (χ3n) is 4.07. The number of fused-ring (bicyclic) bond motifs is 1. The summed E-state index contributed by atoms with van der Waals surface area (Å²) in [7, 11) is 0. The zero-order valence-corrected chi connectivity index (χ0v) is 13.9. The van der Waals surface area contributed by atoms with Crippen LogP contribution >= 0.6 is 0 Å². The minimum Gasteiger partial charge on any atom is -0.459 e. The molecule has 2 aromatic carbocycles. The number of carbonyl (C=O) groups is 1. The van der Waals surface area contributed by atoms with Gasteiger partial charge in [-0.2, -0.15) is 5.10 Å². The minimum atomic E-state index is -0.492. The van der Waals surface area contributed by atoms with E-state index in [4.69, 9.17) is 4.74 Å². The lowest BCUT2D eigenvalue weighted by molar-refractivity contribution is -0.386. The molecule has 7 nitrogen and oxygen atoms in total. The maximum absolute atomic E-state index is 12.1. The van der Waals surface area contributed by atoms with E-state index in [1.807, 2.05) is 42.5 Å². The van der Waals surface area contributed by atoms with E-state index in [2.05, 4.69) is 5.10 Å². The van der Waals surface area contributed by atoms with Gasteiger partial charge in [-0.25, -0.2) is 0 Å². The molecular weight excluding hydrogens is 322 g/mol. The molecule has 0 bridgehead atoms. The van der Waals surface area contributed by atoms with Crippen molar-refractivity contribution in [1.82, 2.24) is 9.78 Å². The SMILES string of the molecule is Cc1nn(CC(=O)OCc2cccc3ccccc23)c(C)c1[N+](=O)[O-]. The zero-order chi connectivity index (χ0) is 18.0. The third-order valence-corrected chi connectivity index (χ3v) is 4.07. The van der Waals surface area contributed by atoms with Gasteiger partial charge in [-0.15, -0.1) is 0 Å². The predicted octanol–water partition coefficient (Wildman–Crippen LogP) is 3.30. The molecule has 128 valence electrons. The van der Waals surface area contributed by atoms with Gasteiger partial charge in [0.25, 0.3) is 0 Å². The number of carbonyl (C=O) groups excluding carboxylic acids is 1. The van der Waals surface area contributed by atoms with E-state index in [0.29, 0.717) is 5.69 Å². The Balaban J connectivity index is 1.71. The van der Waals surface area contributed by atoms with Gasteiger partial charge in [-0.3, -0.25) is 19.6 Å². The number of benzene rings is 2. The maximum Gasteiger partial charge on any atom is 0.328 e. The van der Waals surface area contributed by atoms with Crippen LogP contribution in [0.3, 0.4) is 0 Å². The van der Waals surface area contributed by atoms with Gasteiger partial charge in [-0.05, 0) is 30.2 Å². The normalized spacial score (nSPS) is 10.8. The molecule has 0 fully saturated rings. The minimum absolute atomic E-state index is 0.0677. The Morgan fingerprint density at radius 2 is 1.92 bits per heavy atom. The van der Waals surface area contributed by atoms with Crippen LogP contribution in [0.5, 0.6) is 0 Å². The topological polar surface area (TPSA) is 87.3 Å². The summed E-state index contributed by atoms with van der Waals surface area (Å²) < 4.78 is 6.64. The molecule has 7 heteroatoms. The summed E-state index contributed by atoms with van der Waals surface area (Å²) >= 11 is 0. The Morgan fingerprint density at radius 3 is 2.64 bits per heavy atom. The summed E-state index contributed by atoms with van der Waals surface area (Å²) in [4.78, 5) is 22.6. The molecule has 0 aliphatic rings. The largest absolute Gasteiger partial charge is 0.459 e. The molecule has 0 saturated heterocycles. The Kier molecular flexibility index (Phi) is 4.47. The van der Waals surface area contributed by atoms with Crippen LogP contribution in [0, 0.1) is 24.0 Å². The molecule has 0 saturated carbocycles. The number of hydrogen-bond acceptors (Lipinski definition) is 5. The van der Waals surface area contributed by atoms with Crippen LogP contribution in [-0.2, 0) is 22.7 Å². The fourth-order valence-electron chi connectivity index (χ4n) is 2.85. The van der Waals surface area contributed by atoms with Crippen molar-refractivity contribution in [1.29, 1.82) is 0 Å². The summed E-state index contributed by atoms with van der Waals surface area (Å²) in [6.45, 7) is 3.09. The molecule has 0 atom stereocenters. The van der Waals surface area contributed by atoms with E-state index >= 15 is 0 Å². The highest BCUT2D eigenvalue weighted by Crippen LogP contribution is 2.22. The first-order valence-electron chi connectivity index (χ1n) is 7.78. The van der Waals surface area contributed by atoms with Crippen LogP contribution in [0.15, 0.2) is 42.5 Å². The molecule has 0 radical (unpaired) electrons. The van der Waals surface area contributed by atoms with Gasteiger partial charge in [0.2, 0.25) is 0 Å². The van der Waals surface area contributed by atoms with Gasteiger partial charge in [0.15, 0.2) is 0 Å². The maximum atomic E-state index is 12.1. The number of aryl methyl sites for hydroxylation is 1. The molecule has 1 aromatic heterocycles. The highest BCUT2D eigenvalue weighted by molar-refractivity contribution is 5.85. The summed E-state index contributed by atoms with van der Waals surface area (Å²) in [5, 5.41) is 17.2. The van der Waals surface area contributed by atoms with Gasteiger partial charge in [0.1, 0.15) is 24.5 Å². The van der Waals surface area contributed by atoms with Gasteiger partial charge in [0, 0.05) is 0 Å². The highest BCUT2D eigenvalue weighted by Gasteiger charge is 2.23. The van der Waals surface area contributed by atoms with Crippen molar-refractivity contribution in [3.8, 4) is 0 Å². The van der Waals surface area contributed by atoms with Crippen molar-refractivity contribution in [3.63, 3.8) is 0 Å². The molecule has 0 aliphatic carbocycles. The van der Waals surface area contributed by atoms with E-state index in [1.54, 1.807) is 13.8 Å². The van der Waals surface area contributed by atoms with Crippen molar-refractivity contribution in [2.45, 2.75) is 27.0 Å². The van der Waals surface area contributed by atoms with Crippen molar-refractivity contribution < 1.29 is 14.5 Å². The van der Waals surface area contributed by atoms with Crippen LogP contribution in [0.25, 0.3) is 10.8 Å². The second-order valence-electron chi connectivity index (χ2n) is 5.73. The van der Waals surface area contributed by atoms with Crippen LogP contribution < -0.4 is 0 Å². The van der Waals surface area contributed by atoms with E-state index < -0.39 is 10.9 Å². The summed E-state index contributed by atoms with van der Waals surface area (Å²) in [6, 6.07) is 13.7. The van der Waals surface area contributed by atoms with Crippen LogP contribution in [0.2, 0.25) is 0 Å². The second-order valence-corrected chi connectivity index (χ2v) is 5.73. The number of ether oxygens (including phenoxy) is 1. The Hall–Kier alpha value is -3.22. The molecule has 0 spiro atoms.